The van der Waals surface area contributed by atoms with E-state index in [2.05, 4.69) is 0 Å². The Hall–Kier alpha value is -1.51. The van der Waals surface area contributed by atoms with E-state index < -0.39 is 34.0 Å². The fourth-order valence-corrected chi connectivity index (χ4v) is 2.64. The Morgan fingerprint density at radius 1 is 1.47 bits per heavy atom. The lowest BCUT2D eigenvalue weighted by Gasteiger charge is -2.18. The average Bonchev–Trinajstić information content (AvgIpc) is 2.30. The molecule has 0 aliphatic rings. The van der Waals surface area contributed by atoms with Crippen LogP contribution >= 0.6 is 0 Å². The van der Waals surface area contributed by atoms with Gasteiger partial charge in [-0.2, -0.15) is 0 Å². The molecule has 8 heteroatoms. The molecule has 1 rings (SSSR count). The van der Waals surface area contributed by atoms with Crippen molar-refractivity contribution in [2.24, 2.45) is 0 Å². The third kappa shape index (κ3) is 3.72. The monoisotopic (exact) mass is 291 g/mol. The van der Waals surface area contributed by atoms with Crippen molar-refractivity contribution in [2.75, 3.05) is 6.54 Å². The van der Waals surface area contributed by atoms with Crippen LogP contribution < -0.4 is 4.72 Å². The van der Waals surface area contributed by atoms with E-state index >= 15 is 0 Å². The first-order valence-corrected chi connectivity index (χ1v) is 6.76. The summed E-state index contributed by atoms with van der Waals surface area (Å²) in [7, 11) is -4.09. The molecule has 3 N–H and O–H groups in total. The van der Waals surface area contributed by atoms with E-state index in [1.165, 1.54) is 13.0 Å². The van der Waals surface area contributed by atoms with Gasteiger partial charge in [-0.25, -0.2) is 22.3 Å². The van der Waals surface area contributed by atoms with Gasteiger partial charge in [-0.15, -0.1) is 0 Å². The molecule has 0 aromatic heterocycles. The predicted octanol–water partition coefficient (Wildman–Crippen LogP) is 0.248. The summed E-state index contributed by atoms with van der Waals surface area (Å²) in [6.07, 6.45) is 0. The molecule has 0 aliphatic carbocycles. The number of benzene rings is 1. The van der Waals surface area contributed by atoms with Gasteiger partial charge < -0.3 is 10.2 Å². The van der Waals surface area contributed by atoms with Crippen LogP contribution in [0.25, 0.3) is 0 Å². The van der Waals surface area contributed by atoms with Gasteiger partial charge in [0.2, 0.25) is 10.0 Å². The summed E-state index contributed by atoms with van der Waals surface area (Å²) in [6.45, 7) is 1.71. The SMILES string of the molecule is Cc1ccc(F)cc1S(=O)(=O)NCC(C)(O)C(=O)O. The molecule has 0 amide bonds. The summed E-state index contributed by atoms with van der Waals surface area (Å²) in [6, 6.07) is 3.23. The highest BCUT2D eigenvalue weighted by atomic mass is 32.2. The van der Waals surface area contributed by atoms with Crippen LogP contribution in [0.3, 0.4) is 0 Å². The van der Waals surface area contributed by atoms with Crippen molar-refractivity contribution in [3.8, 4) is 0 Å². The van der Waals surface area contributed by atoms with Crippen LogP contribution in [-0.2, 0) is 14.8 Å². The first kappa shape index (κ1) is 15.5. The Kier molecular flexibility index (Phi) is 4.28. The minimum Gasteiger partial charge on any atom is -0.479 e. The van der Waals surface area contributed by atoms with Gasteiger partial charge in [0.25, 0.3) is 0 Å². The quantitative estimate of drug-likeness (QED) is 0.721. The Morgan fingerprint density at radius 2 is 2.05 bits per heavy atom. The molecule has 1 unspecified atom stereocenters. The normalized spacial score (nSPS) is 14.9. The van der Waals surface area contributed by atoms with Gasteiger partial charge in [0.05, 0.1) is 11.4 Å². The van der Waals surface area contributed by atoms with Crippen LogP contribution in [0.1, 0.15) is 12.5 Å². The molecular weight excluding hydrogens is 277 g/mol. The van der Waals surface area contributed by atoms with Gasteiger partial charge in [0.1, 0.15) is 5.82 Å². The maximum atomic E-state index is 13.0. The number of hydrogen-bond acceptors (Lipinski definition) is 4. The molecule has 0 aliphatic heterocycles. The van der Waals surface area contributed by atoms with Gasteiger partial charge in [0, 0.05) is 0 Å². The number of carboxylic acids is 1. The fourth-order valence-electron chi connectivity index (χ4n) is 1.25. The van der Waals surface area contributed by atoms with E-state index in [1.54, 1.807) is 0 Å². The molecule has 0 saturated heterocycles. The van der Waals surface area contributed by atoms with Crippen molar-refractivity contribution in [1.82, 2.24) is 4.72 Å². The lowest BCUT2D eigenvalue weighted by Crippen LogP contribution is -2.46. The summed E-state index contributed by atoms with van der Waals surface area (Å²) in [5.41, 5.74) is -1.93. The summed E-state index contributed by atoms with van der Waals surface area (Å²) in [5.74, 6) is -2.29. The van der Waals surface area contributed by atoms with Gasteiger partial charge in [-0.3, -0.25) is 0 Å². The van der Waals surface area contributed by atoms with E-state index in [4.69, 9.17) is 5.11 Å². The van der Waals surface area contributed by atoms with Crippen LogP contribution in [0.4, 0.5) is 4.39 Å². The molecule has 0 spiro atoms. The van der Waals surface area contributed by atoms with Crippen LogP contribution in [0.15, 0.2) is 23.1 Å². The average molecular weight is 291 g/mol. The lowest BCUT2D eigenvalue weighted by atomic mass is 10.1. The zero-order valence-corrected chi connectivity index (χ0v) is 11.2. The van der Waals surface area contributed by atoms with Crippen molar-refractivity contribution in [1.29, 1.82) is 0 Å². The second kappa shape index (κ2) is 5.24. The standard InChI is InChI=1S/C11H14FNO5S/c1-7-3-4-8(12)5-9(7)19(17,18)13-6-11(2,16)10(14)15/h3-5,13,16H,6H2,1-2H3,(H,14,15). The van der Waals surface area contributed by atoms with Gasteiger partial charge in [-0.05, 0) is 31.5 Å². The van der Waals surface area contributed by atoms with E-state index in [1.807, 2.05) is 4.72 Å². The molecule has 19 heavy (non-hydrogen) atoms. The zero-order chi connectivity index (χ0) is 14.8. The molecule has 6 nitrogen and oxygen atoms in total. The molecule has 0 heterocycles. The van der Waals surface area contributed by atoms with Crippen molar-refractivity contribution in [2.45, 2.75) is 24.3 Å². The lowest BCUT2D eigenvalue weighted by molar-refractivity contribution is -0.155. The number of aryl methyl sites for hydroxylation is 1. The number of halogens is 1. The van der Waals surface area contributed by atoms with E-state index in [0.29, 0.717) is 5.56 Å². The molecule has 0 saturated carbocycles. The largest absolute Gasteiger partial charge is 0.479 e. The first-order valence-electron chi connectivity index (χ1n) is 5.28. The molecular formula is C11H14FNO5S. The number of carboxylic acid groups (broad SMARTS) is 1. The Bertz CT molecular complexity index is 597. The van der Waals surface area contributed by atoms with Crippen molar-refractivity contribution in [3.05, 3.63) is 29.6 Å². The molecule has 1 aromatic carbocycles. The molecule has 1 atom stereocenters. The second-order valence-corrected chi connectivity index (χ2v) is 6.05. The Balaban J connectivity index is 3.00. The molecule has 106 valence electrons. The molecule has 0 radical (unpaired) electrons. The number of rotatable bonds is 5. The van der Waals surface area contributed by atoms with Crippen molar-refractivity contribution >= 4 is 16.0 Å². The summed E-state index contributed by atoms with van der Waals surface area (Å²) in [4.78, 5) is 10.4. The highest BCUT2D eigenvalue weighted by Gasteiger charge is 2.32. The maximum absolute atomic E-state index is 13.0. The third-order valence-corrected chi connectivity index (χ3v) is 4.05. The Labute approximate surface area is 109 Å². The summed E-state index contributed by atoms with van der Waals surface area (Å²) >= 11 is 0. The zero-order valence-electron chi connectivity index (χ0n) is 10.3. The number of hydrogen-bond donors (Lipinski definition) is 3. The van der Waals surface area contributed by atoms with Crippen LogP contribution in [0.5, 0.6) is 0 Å². The fraction of sp³-hybridized carbons (Fsp3) is 0.364. The number of nitrogens with one attached hydrogen (secondary N) is 1. The topological polar surface area (TPSA) is 104 Å². The van der Waals surface area contributed by atoms with Crippen LogP contribution in [-0.4, -0.2) is 36.7 Å². The highest BCUT2D eigenvalue weighted by molar-refractivity contribution is 7.89. The minimum atomic E-state index is -4.09. The first-order chi connectivity index (χ1) is 8.56. The van der Waals surface area contributed by atoms with Crippen LogP contribution in [0.2, 0.25) is 0 Å². The number of aliphatic hydroxyl groups is 1. The van der Waals surface area contributed by atoms with Crippen molar-refractivity contribution < 1.29 is 27.8 Å². The number of carbonyl (C=O) groups is 1. The summed E-state index contributed by atoms with van der Waals surface area (Å²) < 4.78 is 38.8. The molecule has 0 fully saturated rings. The number of aliphatic carboxylic acids is 1. The predicted molar refractivity (Wildman–Crippen MR) is 64.6 cm³/mol. The van der Waals surface area contributed by atoms with Gasteiger partial charge in [-0.1, -0.05) is 6.07 Å². The molecule has 1 aromatic rings. The number of sulfonamides is 1. The smallest absolute Gasteiger partial charge is 0.336 e. The van der Waals surface area contributed by atoms with E-state index in [-0.39, 0.29) is 4.90 Å². The van der Waals surface area contributed by atoms with E-state index in [9.17, 15) is 22.7 Å². The third-order valence-electron chi connectivity index (χ3n) is 2.51. The molecule has 0 bridgehead atoms. The van der Waals surface area contributed by atoms with Gasteiger partial charge in [0.15, 0.2) is 5.60 Å². The van der Waals surface area contributed by atoms with Crippen LogP contribution in [0, 0.1) is 12.7 Å². The summed E-state index contributed by atoms with van der Waals surface area (Å²) in [5, 5.41) is 18.1. The highest BCUT2D eigenvalue weighted by Crippen LogP contribution is 2.16. The Morgan fingerprint density at radius 3 is 2.58 bits per heavy atom. The van der Waals surface area contributed by atoms with Gasteiger partial charge >= 0.3 is 5.97 Å². The minimum absolute atomic E-state index is 0.298. The van der Waals surface area contributed by atoms with E-state index in [0.717, 1.165) is 19.1 Å². The van der Waals surface area contributed by atoms with Crippen molar-refractivity contribution in [3.63, 3.8) is 0 Å². The second-order valence-electron chi connectivity index (χ2n) is 4.31. The maximum Gasteiger partial charge on any atom is 0.336 e.